The molecular weight excluding hydrogens is 312 g/mol. The van der Waals surface area contributed by atoms with Crippen molar-refractivity contribution in [3.8, 4) is 0 Å². The fourth-order valence-electron chi connectivity index (χ4n) is 4.56. The van der Waals surface area contributed by atoms with Crippen molar-refractivity contribution in [2.24, 2.45) is 23.2 Å². The van der Waals surface area contributed by atoms with Gasteiger partial charge in [-0.1, -0.05) is 79.6 Å². The van der Waals surface area contributed by atoms with Gasteiger partial charge < -0.3 is 0 Å². The maximum absolute atomic E-state index is 4.50. The van der Waals surface area contributed by atoms with Gasteiger partial charge in [0.1, 0.15) is 0 Å². The Kier molecular flexibility index (Phi) is 5.90. The van der Waals surface area contributed by atoms with Gasteiger partial charge in [-0.05, 0) is 81.1 Å². The highest BCUT2D eigenvalue weighted by atomic mass is 14.6. The SMILES string of the molecule is C=C(CC1CC1CC(C=CCC)=CC)C1CC1(C)Cc1ccc(C)cc1. The maximum atomic E-state index is 4.50. The number of hydrogen-bond donors (Lipinski definition) is 0. The van der Waals surface area contributed by atoms with Crippen LogP contribution in [-0.2, 0) is 6.42 Å². The second kappa shape index (κ2) is 7.99. The second-order valence-electron chi connectivity index (χ2n) is 9.07. The van der Waals surface area contributed by atoms with E-state index in [0.717, 1.165) is 24.2 Å². The monoisotopic (exact) mass is 348 g/mol. The first kappa shape index (κ1) is 19.2. The number of rotatable bonds is 9. The molecule has 4 unspecified atom stereocenters. The molecule has 0 heteroatoms. The Bertz CT molecular complexity index is 687. The minimum atomic E-state index is 0.453. The molecule has 0 nitrogen and oxygen atoms in total. The van der Waals surface area contributed by atoms with E-state index in [1.807, 2.05) is 0 Å². The van der Waals surface area contributed by atoms with Crippen LogP contribution in [0.2, 0.25) is 0 Å². The molecule has 26 heavy (non-hydrogen) atoms. The molecule has 0 saturated heterocycles. The molecule has 0 amide bonds. The summed E-state index contributed by atoms with van der Waals surface area (Å²) in [5.74, 6) is 2.52. The Morgan fingerprint density at radius 2 is 1.88 bits per heavy atom. The minimum Gasteiger partial charge on any atom is -0.0995 e. The van der Waals surface area contributed by atoms with Crippen molar-refractivity contribution < 1.29 is 0 Å². The topological polar surface area (TPSA) is 0 Å². The van der Waals surface area contributed by atoms with E-state index >= 15 is 0 Å². The third-order valence-corrected chi connectivity index (χ3v) is 6.60. The van der Waals surface area contributed by atoms with Crippen LogP contribution in [0.15, 0.2) is 60.2 Å². The fourth-order valence-corrected chi connectivity index (χ4v) is 4.56. The van der Waals surface area contributed by atoms with Crippen molar-refractivity contribution in [2.75, 3.05) is 0 Å². The fraction of sp³-hybridized carbons (Fsp3) is 0.538. The van der Waals surface area contributed by atoms with Crippen LogP contribution < -0.4 is 0 Å². The summed E-state index contributed by atoms with van der Waals surface area (Å²) in [5.41, 5.74) is 6.33. The summed E-state index contributed by atoms with van der Waals surface area (Å²) < 4.78 is 0. The standard InChI is InChI=1S/C26H36/c1-6-8-9-21(7-2)15-24-16-23(24)14-20(4)25-18-26(25,5)17-22-12-10-19(3)11-13-22/h7-13,23-25H,4,6,14-18H2,1-3,5H3. The van der Waals surface area contributed by atoms with Crippen LogP contribution in [0, 0.1) is 30.1 Å². The molecular formula is C26H36. The lowest BCUT2D eigenvalue weighted by molar-refractivity contribution is 0.515. The van der Waals surface area contributed by atoms with Gasteiger partial charge in [-0.25, -0.2) is 0 Å². The van der Waals surface area contributed by atoms with Gasteiger partial charge >= 0.3 is 0 Å². The molecule has 0 aliphatic heterocycles. The third kappa shape index (κ3) is 4.78. The van der Waals surface area contributed by atoms with Crippen LogP contribution in [0.5, 0.6) is 0 Å². The zero-order chi connectivity index (χ0) is 18.7. The van der Waals surface area contributed by atoms with Gasteiger partial charge in [0.05, 0.1) is 0 Å². The number of hydrogen-bond acceptors (Lipinski definition) is 0. The molecule has 1 aromatic carbocycles. The number of allylic oxidation sites excluding steroid dienone is 5. The normalized spacial score (nSPS) is 30.6. The molecule has 4 atom stereocenters. The molecule has 0 bridgehead atoms. The van der Waals surface area contributed by atoms with Crippen LogP contribution in [0.3, 0.4) is 0 Å². The quantitative estimate of drug-likeness (QED) is 0.321. The Morgan fingerprint density at radius 1 is 1.19 bits per heavy atom. The molecule has 2 aliphatic rings. The molecule has 2 saturated carbocycles. The van der Waals surface area contributed by atoms with E-state index < -0.39 is 0 Å². The minimum absolute atomic E-state index is 0.453. The largest absolute Gasteiger partial charge is 0.0995 e. The van der Waals surface area contributed by atoms with Crippen molar-refractivity contribution >= 4 is 0 Å². The first-order valence-electron chi connectivity index (χ1n) is 10.5. The lowest BCUT2D eigenvalue weighted by atomic mass is 9.91. The second-order valence-corrected chi connectivity index (χ2v) is 9.07. The van der Waals surface area contributed by atoms with Gasteiger partial charge in [0.25, 0.3) is 0 Å². The average molecular weight is 349 g/mol. The van der Waals surface area contributed by atoms with Crippen molar-refractivity contribution in [3.63, 3.8) is 0 Å². The van der Waals surface area contributed by atoms with E-state index in [0.29, 0.717) is 5.41 Å². The molecule has 2 aliphatic carbocycles. The summed E-state index contributed by atoms with van der Waals surface area (Å²) in [6.07, 6.45) is 14.5. The van der Waals surface area contributed by atoms with Crippen molar-refractivity contribution in [3.05, 3.63) is 71.3 Å². The highest BCUT2D eigenvalue weighted by Crippen LogP contribution is 2.60. The summed E-state index contributed by atoms with van der Waals surface area (Å²) in [5, 5.41) is 0. The molecule has 0 radical (unpaired) electrons. The first-order chi connectivity index (χ1) is 12.4. The molecule has 1 aromatic rings. The molecule has 2 fully saturated rings. The Balaban J connectivity index is 1.45. The van der Waals surface area contributed by atoms with E-state index in [1.165, 1.54) is 54.4 Å². The highest BCUT2D eigenvalue weighted by molar-refractivity contribution is 5.28. The van der Waals surface area contributed by atoms with Crippen LogP contribution >= 0.6 is 0 Å². The molecule has 0 N–H and O–H groups in total. The molecule has 0 heterocycles. The van der Waals surface area contributed by atoms with Crippen molar-refractivity contribution in [1.29, 1.82) is 0 Å². The Labute approximate surface area is 161 Å². The molecule has 0 spiro atoms. The summed E-state index contributed by atoms with van der Waals surface area (Å²) in [6.45, 7) is 13.5. The van der Waals surface area contributed by atoms with Gasteiger partial charge in [-0.15, -0.1) is 0 Å². The van der Waals surface area contributed by atoms with Gasteiger partial charge in [0.2, 0.25) is 0 Å². The average Bonchev–Trinajstić information content (AvgIpc) is 3.51. The van der Waals surface area contributed by atoms with E-state index in [-0.39, 0.29) is 0 Å². The number of benzene rings is 1. The third-order valence-electron chi connectivity index (χ3n) is 6.60. The van der Waals surface area contributed by atoms with Crippen molar-refractivity contribution in [2.45, 2.75) is 66.2 Å². The Morgan fingerprint density at radius 3 is 2.54 bits per heavy atom. The zero-order valence-electron chi connectivity index (χ0n) is 17.2. The summed E-state index contributed by atoms with van der Waals surface area (Å²) in [4.78, 5) is 0. The van der Waals surface area contributed by atoms with E-state index in [9.17, 15) is 0 Å². The van der Waals surface area contributed by atoms with Crippen molar-refractivity contribution in [1.82, 2.24) is 0 Å². The van der Waals surface area contributed by atoms with Crippen LogP contribution in [0.4, 0.5) is 0 Å². The predicted molar refractivity (Wildman–Crippen MR) is 114 cm³/mol. The van der Waals surface area contributed by atoms with E-state index in [2.05, 4.69) is 76.8 Å². The molecule has 0 aromatic heterocycles. The predicted octanol–water partition coefficient (Wildman–Crippen LogP) is 7.45. The van der Waals surface area contributed by atoms with E-state index in [1.54, 1.807) is 0 Å². The molecule has 3 rings (SSSR count). The van der Waals surface area contributed by atoms with Gasteiger partial charge in [0, 0.05) is 0 Å². The van der Waals surface area contributed by atoms with Crippen LogP contribution in [0.25, 0.3) is 0 Å². The number of aryl methyl sites for hydroxylation is 1. The summed E-state index contributed by atoms with van der Waals surface area (Å²) in [6, 6.07) is 9.09. The zero-order valence-corrected chi connectivity index (χ0v) is 17.2. The summed E-state index contributed by atoms with van der Waals surface area (Å²) in [7, 11) is 0. The van der Waals surface area contributed by atoms with Gasteiger partial charge in [-0.3, -0.25) is 0 Å². The lowest BCUT2D eigenvalue weighted by Crippen LogP contribution is -2.05. The van der Waals surface area contributed by atoms with Crippen LogP contribution in [-0.4, -0.2) is 0 Å². The van der Waals surface area contributed by atoms with E-state index in [4.69, 9.17) is 0 Å². The van der Waals surface area contributed by atoms with Gasteiger partial charge in [0.15, 0.2) is 0 Å². The van der Waals surface area contributed by atoms with Crippen LogP contribution in [0.1, 0.15) is 64.0 Å². The first-order valence-corrected chi connectivity index (χ1v) is 10.5. The maximum Gasteiger partial charge on any atom is -0.0143 e. The van der Waals surface area contributed by atoms with Gasteiger partial charge in [-0.2, -0.15) is 0 Å². The Hall–Kier alpha value is -1.56. The molecule has 140 valence electrons. The summed E-state index contributed by atoms with van der Waals surface area (Å²) >= 11 is 0. The highest BCUT2D eigenvalue weighted by Gasteiger charge is 2.52. The smallest absolute Gasteiger partial charge is 0.0143 e. The lowest BCUT2D eigenvalue weighted by Gasteiger charge is -2.13.